The standard InChI is InChI=1S/C19H30N2/c1-16-14-17-8-5-6-11-19(17)21(15-16)13-7-12-20-18-9-3-2-4-10-18/h5-6,8,11,16,18,20H,2-4,7,9-10,12-15H2,1H3. The molecule has 1 aromatic rings. The molecule has 0 bridgehead atoms. The minimum atomic E-state index is 0.784. The van der Waals surface area contributed by atoms with Gasteiger partial charge in [0.15, 0.2) is 0 Å². The lowest BCUT2D eigenvalue weighted by atomic mass is 9.94. The number of fused-ring (bicyclic) bond motifs is 1. The maximum atomic E-state index is 3.77. The summed E-state index contributed by atoms with van der Waals surface area (Å²) in [5.41, 5.74) is 3.02. The first-order chi connectivity index (χ1) is 10.3. The van der Waals surface area contributed by atoms with Crippen LogP contribution in [0.5, 0.6) is 0 Å². The topological polar surface area (TPSA) is 15.3 Å². The van der Waals surface area contributed by atoms with Crippen LogP contribution in [0.4, 0.5) is 5.69 Å². The molecule has 2 aliphatic rings. The zero-order valence-corrected chi connectivity index (χ0v) is 13.5. The maximum Gasteiger partial charge on any atom is 0.0398 e. The summed E-state index contributed by atoms with van der Waals surface area (Å²) < 4.78 is 0. The Morgan fingerprint density at radius 1 is 1.14 bits per heavy atom. The number of anilines is 1. The number of nitrogens with one attached hydrogen (secondary N) is 1. The zero-order valence-electron chi connectivity index (χ0n) is 13.5. The third-order valence-corrected chi connectivity index (χ3v) is 5.08. The van der Waals surface area contributed by atoms with Crippen LogP contribution < -0.4 is 10.2 Å². The first kappa shape index (κ1) is 14.9. The van der Waals surface area contributed by atoms with Crippen LogP contribution >= 0.6 is 0 Å². The van der Waals surface area contributed by atoms with Crippen LogP contribution in [0.25, 0.3) is 0 Å². The molecule has 116 valence electrons. The molecule has 3 rings (SSSR count). The quantitative estimate of drug-likeness (QED) is 0.823. The van der Waals surface area contributed by atoms with Gasteiger partial charge in [-0.25, -0.2) is 0 Å². The monoisotopic (exact) mass is 286 g/mol. The summed E-state index contributed by atoms with van der Waals surface area (Å²) in [4.78, 5) is 2.60. The number of para-hydroxylation sites is 1. The fraction of sp³-hybridized carbons (Fsp3) is 0.684. The number of rotatable bonds is 5. The van der Waals surface area contributed by atoms with E-state index < -0.39 is 0 Å². The van der Waals surface area contributed by atoms with Gasteiger partial charge in [-0.05, 0) is 49.8 Å². The normalized spacial score (nSPS) is 23.1. The van der Waals surface area contributed by atoms with Crippen LogP contribution in [0.2, 0.25) is 0 Å². The van der Waals surface area contributed by atoms with Crippen LogP contribution in [0, 0.1) is 5.92 Å². The molecular weight excluding hydrogens is 256 g/mol. The molecule has 1 atom stereocenters. The minimum absolute atomic E-state index is 0.784. The second-order valence-corrected chi connectivity index (χ2v) is 7.03. The molecule has 1 N–H and O–H groups in total. The van der Waals surface area contributed by atoms with Gasteiger partial charge >= 0.3 is 0 Å². The minimum Gasteiger partial charge on any atom is -0.371 e. The lowest BCUT2D eigenvalue weighted by Crippen LogP contribution is -2.37. The molecule has 0 spiro atoms. The summed E-state index contributed by atoms with van der Waals surface area (Å²) in [7, 11) is 0. The molecule has 0 amide bonds. The van der Waals surface area contributed by atoms with Gasteiger partial charge in [0.25, 0.3) is 0 Å². The molecule has 2 heteroatoms. The van der Waals surface area contributed by atoms with Crippen LogP contribution in [-0.4, -0.2) is 25.7 Å². The predicted molar refractivity (Wildman–Crippen MR) is 91.0 cm³/mol. The SMILES string of the molecule is CC1Cc2ccccc2N(CCCNC2CCCCC2)C1. The van der Waals surface area contributed by atoms with Gasteiger partial charge in [0.05, 0.1) is 0 Å². The summed E-state index contributed by atoms with van der Waals surface area (Å²) in [6.45, 7) is 5.97. The van der Waals surface area contributed by atoms with Crippen molar-refractivity contribution < 1.29 is 0 Å². The molecule has 1 saturated carbocycles. The van der Waals surface area contributed by atoms with Gasteiger partial charge in [-0.15, -0.1) is 0 Å². The van der Waals surface area contributed by atoms with Crippen molar-refractivity contribution in [1.82, 2.24) is 5.32 Å². The van der Waals surface area contributed by atoms with E-state index in [0.717, 1.165) is 12.0 Å². The Morgan fingerprint density at radius 2 is 1.95 bits per heavy atom. The number of benzene rings is 1. The van der Waals surface area contributed by atoms with Gasteiger partial charge in [-0.1, -0.05) is 44.4 Å². The molecule has 2 nitrogen and oxygen atoms in total. The van der Waals surface area contributed by atoms with Crippen molar-refractivity contribution in [3.05, 3.63) is 29.8 Å². The van der Waals surface area contributed by atoms with Crippen molar-refractivity contribution in [2.75, 3.05) is 24.5 Å². The molecule has 1 fully saturated rings. The lowest BCUT2D eigenvalue weighted by Gasteiger charge is -2.35. The Hall–Kier alpha value is -1.02. The third-order valence-electron chi connectivity index (χ3n) is 5.08. The Balaban J connectivity index is 1.46. The molecule has 1 aliphatic heterocycles. The first-order valence-electron chi connectivity index (χ1n) is 8.89. The molecule has 0 saturated heterocycles. The molecule has 1 aliphatic carbocycles. The van der Waals surface area contributed by atoms with E-state index in [1.807, 2.05) is 0 Å². The Bertz CT molecular complexity index is 437. The van der Waals surface area contributed by atoms with E-state index in [-0.39, 0.29) is 0 Å². The highest BCUT2D eigenvalue weighted by molar-refractivity contribution is 5.55. The second kappa shape index (κ2) is 7.31. The number of hydrogen-bond donors (Lipinski definition) is 1. The molecule has 0 radical (unpaired) electrons. The highest BCUT2D eigenvalue weighted by atomic mass is 15.1. The van der Waals surface area contributed by atoms with Crippen molar-refractivity contribution in [1.29, 1.82) is 0 Å². The van der Waals surface area contributed by atoms with E-state index in [4.69, 9.17) is 0 Å². The van der Waals surface area contributed by atoms with Crippen LogP contribution in [0.3, 0.4) is 0 Å². The molecule has 1 aromatic carbocycles. The lowest BCUT2D eigenvalue weighted by molar-refractivity contribution is 0.371. The van der Waals surface area contributed by atoms with Crippen LogP contribution in [0.1, 0.15) is 51.0 Å². The summed E-state index contributed by atoms with van der Waals surface area (Å²) in [6.07, 6.45) is 9.59. The number of hydrogen-bond acceptors (Lipinski definition) is 2. The fourth-order valence-corrected chi connectivity index (χ4v) is 4.00. The van der Waals surface area contributed by atoms with Crippen molar-refractivity contribution in [2.45, 2.75) is 57.9 Å². The summed E-state index contributed by atoms with van der Waals surface area (Å²) >= 11 is 0. The summed E-state index contributed by atoms with van der Waals surface area (Å²) in [5, 5.41) is 3.77. The van der Waals surface area contributed by atoms with E-state index in [1.54, 1.807) is 0 Å². The average molecular weight is 286 g/mol. The average Bonchev–Trinajstić information content (AvgIpc) is 2.52. The maximum absolute atomic E-state index is 3.77. The van der Waals surface area contributed by atoms with Crippen molar-refractivity contribution in [3.8, 4) is 0 Å². The van der Waals surface area contributed by atoms with Crippen LogP contribution in [-0.2, 0) is 6.42 Å². The van der Waals surface area contributed by atoms with Crippen LogP contribution in [0.15, 0.2) is 24.3 Å². The van der Waals surface area contributed by atoms with E-state index in [9.17, 15) is 0 Å². The van der Waals surface area contributed by atoms with Gasteiger partial charge in [-0.3, -0.25) is 0 Å². The zero-order chi connectivity index (χ0) is 14.5. The molecule has 1 heterocycles. The summed E-state index contributed by atoms with van der Waals surface area (Å²) in [6, 6.07) is 9.77. The highest BCUT2D eigenvalue weighted by Crippen LogP contribution is 2.29. The smallest absolute Gasteiger partial charge is 0.0398 e. The first-order valence-corrected chi connectivity index (χ1v) is 8.89. The Kier molecular flexibility index (Phi) is 5.18. The van der Waals surface area contributed by atoms with Gasteiger partial charge in [0.2, 0.25) is 0 Å². The largest absolute Gasteiger partial charge is 0.371 e. The van der Waals surface area contributed by atoms with Crippen molar-refractivity contribution >= 4 is 5.69 Å². The third kappa shape index (κ3) is 4.00. The summed E-state index contributed by atoms with van der Waals surface area (Å²) in [5.74, 6) is 0.784. The van der Waals surface area contributed by atoms with Crippen molar-refractivity contribution in [2.24, 2.45) is 5.92 Å². The van der Waals surface area contributed by atoms with E-state index in [2.05, 4.69) is 41.4 Å². The molecule has 21 heavy (non-hydrogen) atoms. The van der Waals surface area contributed by atoms with E-state index in [0.29, 0.717) is 0 Å². The Labute approximate surface area is 129 Å². The predicted octanol–water partition coefficient (Wildman–Crippen LogP) is 4.00. The van der Waals surface area contributed by atoms with Gasteiger partial charge in [0, 0.05) is 24.8 Å². The fourth-order valence-electron chi connectivity index (χ4n) is 4.00. The van der Waals surface area contributed by atoms with E-state index >= 15 is 0 Å². The molecule has 0 aromatic heterocycles. The number of nitrogens with zero attached hydrogens (tertiary/aromatic N) is 1. The molecule has 1 unspecified atom stereocenters. The Morgan fingerprint density at radius 3 is 2.81 bits per heavy atom. The van der Waals surface area contributed by atoms with Crippen molar-refractivity contribution in [3.63, 3.8) is 0 Å². The van der Waals surface area contributed by atoms with Gasteiger partial charge in [0.1, 0.15) is 0 Å². The van der Waals surface area contributed by atoms with Gasteiger partial charge in [-0.2, -0.15) is 0 Å². The second-order valence-electron chi connectivity index (χ2n) is 7.03. The van der Waals surface area contributed by atoms with Gasteiger partial charge < -0.3 is 10.2 Å². The van der Waals surface area contributed by atoms with E-state index in [1.165, 1.54) is 75.8 Å². The molecular formula is C19H30N2. The highest BCUT2D eigenvalue weighted by Gasteiger charge is 2.20.